The molecule has 0 spiro atoms. The van der Waals surface area contributed by atoms with E-state index >= 15 is 0 Å². The van der Waals surface area contributed by atoms with Crippen molar-refractivity contribution in [3.8, 4) is 0 Å². The highest BCUT2D eigenvalue weighted by Gasteiger charge is 2.15. The molecular weight excluding hydrogens is 243 g/mol. The molecule has 0 atom stereocenters. The van der Waals surface area contributed by atoms with E-state index in [0.717, 1.165) is 18.4 Å². The van der Waals surface area contributed by atoms with Crippen LogP contribution in [0, 0.1) is 12.7 Å². The quantitative estimate of drug-likeness (QED) is 0.877. The van der Waals surface area contributed by atoms with Gasteiger partial charge in [-0.3, -0.25) is 4.79 Å². The Balaban J connectivity index is 1.81. The molecule has 3 nitrogen and oxygen atoms in total. The van der Waals surface area contributed by atoms with E-state index in [1.54, 1.807) is 6.07 Å². The van der Waals surface area contributed by atoms with E-state index in [1.165, 1.54) is 31.4 Å². The van der Waals surface area contributed by atoms with Crippen molar-refractivity contribution in [2.24, 2.45) is 0 Å². The van der Waals surface area contributed by atoms with Gasteiger partial charge >= 0.3 is 0 Å². The maximum atomic E-state index is 13.1. The summed E-state index contributed by atoms with van der Waals surface area (Å²) in [6.45, 7) is 2.08. The number of hydrogen-bond acceptors (Lipinski definition) is 2. The Labute approximate surface area is 113 Å². The van der Waals surface area contributed by atoms with Crippen LogP contribution >= 0.6 is 0 Å². The zero-order valence-electron chi connectivity index (χ0n) is 11.3. The summed E-state index contributed by atoms with van der Waals surface area (Å²) in [6.07, 6.45) is 5.81. The lowest BCUT2D eigenvalue weighted by Gasteiger charge is -2.23. The molecule has 1 saturated carbocycles. The minimum absolute atomic E-state index is 0.0180. The molecule has 0 bridgehead atoms. The second-order valence-corrected chi connectivity index (χ2v) is 5.22. The van der Waals surface area contributed by atoms with Gasteiger partial charge in [0, 0.05) is 11.7 Å². The fourth-order valence-corrected chi connectivity index (χ4v) is 2.49. The van der Waals surface area contributed by atoms with Gasteiger partial charge in [0.05, 0.1) is 6.54 Å². The summed E-state index contributed by atoms with van der Waals surface area (Å²) in [5.74, 6) is -0.309. The predicted molar refractivity (Wildman–Crippen MR) is 74.6 cm³/mol. The lowest BCUT2D eigenvalue weighted by Crippen LogP contribution is -2.39. The number of benzene rings is 1. The fourth-order valence-electron chi connectivity index (χ4n) is 2.49. The Hall–Kier alpha value is -1.58. The van der Waals surface area contributed by atoms with Crippen LogP contribution in [0.5, 0.6) is 0 Å². The van der Waals surface area contributed by atoms with E-state index in [1.807, 2.05) is 6.92 Å². The molecule has 1 fully saturated rings. The molecule has 1 aliphatic rings. The average molecular weight is 264 g/mol. The number of halogens is 1. The van der Waals surface area contributed by atoms with Gasteiger partial charge in [0.15, 0.2) is 0 Å². The third-order valence-corrected chi connectivity index (χ3v) is 3.61. The molecule has 2 rings (SSSR count). The summed E-state index contributed by atoms with van der Waals surface area (Å²) in [7, 11) is 0. The van der Waals surface area contributed by atoms with Gasteiger partial charge in [0.1, 0.15) is 5.82 Å². The van der Waals surface area contributed by atoms with E-state index in [-0.39, 0.29) is 18.3 Å². The van der Waals surface area contributed by atoms with Gasteiger partial charge in [0.25, 0.3) is 0 Å². The molecule has 1 amide bonds. The van der Waals surface area contributed by atoms with Crippen LogP contribution in [0.1, 0.15) is 37.7 Å². The van der Waals surface area contributed by atoms with Gasteiger partial charge in [-0.2, -0.15) is 0 Å². The van der Waals surface area contributed by atoms with E-state index < -0.39 is 0 Å². The second kappa shape index (κ2) is 6.55. The highest BCUT2D eigenvalue weighted by molar-refractivity contribution is 5.81. The van der Waals surface area contributed by atoms with Gasteiger partial charge in [-0.25, -0.2) is 4.39 Å². The average Bonchev–Trinajstić information content (AvgIpc) is 2.41. The maximum absolute atomic E-state index is 13.1. The largest absolute Gasteiger partial charge is 0.376 e. The van der Waals surface area contributed by atoms with Crippen LogP contribution in [-0.2, 0) is 4.79 Å². The van der Waals surface area contributed by atoms with Crippen LogP contribution < -0.4 is 10.6 Å². The second-order valence-electron chi connectivity index (χ2n) is 5.22. The molecule has 4 heteroatoms. The number of carbonyl (C=O) groups is 1. The van der Waals surface area contributed by atoms with Crippen molar-refractivity contribution in [1.29, 1.82) is 0 Å². The molecule has 19 heavy (non-hydrogen) atoms. The molecule has 1 aromatic rings. The summed E-state index contributed by atoms with van der Waals surface area (Å²) in [6, 6.07) is 4.86. The summed E-state index contributed by atoms with van der Waals surface area (Å²) < 4.78 is 13.1. The number of amides is 1. The summed E-state index contributed by atoms with van der Waals surface area (Å²) in [4.78, 5) is 11.8. The van der Waals surface area contributed by atoms with Crippen molar-refractivity contribution in [1.82, 2.24) is 5.32 Å². The van der Waals surface area contributed by atoms with Crippen molar-refractivity contribution < 1.29 is 9.18 Å². The smallest absolute Gasteiger partial charge is 0.239 e. The first-order valence-electron chi connectivity index (χ1n) is 6.94. The minimum Gasteiger partial charge on any atom is -0.376 e. The van der Waals surface area contributed by atoms with Crippen LogP contribution in [0.4, 0.5) is 10.1 Å². The first-order chi connectivity index (χ1) is 9.15. The molecular formula is C15H21FN2O. The minimum atomic E-state index is -0.291. The molecule has 0 unspecified atom stereocenters. The van der Waals surface area contributed by atoms with Gasteiger partial charge in [0.2, 0.25) is 5.91 Å². The van der Waals surface area contributed by atoms with Crippen molar-refractivity contribution in [2.45, 2.75) is 45.1 Å². The van der Waals surface area contributed by atoms with Crippen LogP contribution in [0.3, 0.4) is 0 Å². The van der Waals surface area contributed by atoms with E-state index in [0.29, 0.717) is 11.7 Å². The number of rotatable bonds is 4. The van der Waals surface area contributed by atoms with Gasteiger partial charge in [-0.05, 0) is 37.5 Å². The number of aryl methyl sites for hydroxylation is 1. The zero-order chi connectivity index (χ0) is 13.7. The Kier molecular flexibility index (Phi) is 4.77. The molecule has 0 aliphatic heterocycles. The zero-order valence-corrected chi connectivity index (χ0v) is 11.3. The first kappa shape index (κ1) is 13.8. The summed E-state index contributed by atoms with van der Waals surface area (Å²) in [5, 5.41) is 6.02. The molecule has 1 aromatic carbocycles. The van der Waals surface area contributed by atoms with Crippen LogP contribution in [-0.4, -0.2) is 18.5 Å². The van der Waals surface area contributed by atoms with Gasteiger partial charge in [-0.15, -0.1) is 0 Å². The third-order valence-electron chi connectivity index (χ3n) is 3.61. The van der Waals surface area contributed by atoms with Crippen molar-refractivity contribution in [3.05, 3.63) is 29.6 Å². The van der Waals surface area contributed by atoms with Crippen LogP contribution in [0.2, 0.25) is 0 Å². The number of nitrogens with one attached hydrogen (secondary N) is 2. The van der Waals surface area contributed by atoms with Gasteiger partial charge < -0.3 is 10.6 Å². The Morgan fingerprint density at radius 2 is 2.05 bits per heavy atom. The van der Waals surface area contributed by atoms with Crippen LogP contribution in [0.25, 0.3) is 0 Å². The number of carbonyl (C=O) groups excluding carboxylic acids is 1. The molecule has 0 aromatic heterocycles. The number of anilines is 1. The molecule has 1 aliphatic carbocycles. The SMILES string of the molecule is Cc1ccc(F)cc1NCC(=O)NC1CCCCC1. The van der Waals surface area contributed by atoms with Crippen molar-refractivity contribution in [3.63, 3.8) is 0 Å². The molecule has 2 N–H and O–H groups in total. The third kappa shape index (κ3) is 4.23. The van der Waals surface area contributed by atoms with Gasteiger partial charge in [-0.1, -0.05) is 25.3 Å². The van der Waals surface area contributed by atoms with E-state index in [9.17, 15) is 9.18 Å². The Morgan fingerprint density at radius 1 is 1.32 bits per heavy atom. The summed E-state index contributed by atoms with van der Waals surface area (Å²) in [5.41, 5.74) is 1.62. The normalized spacial score (nSPS) is 16.1. The highest BCUT2D eigenvalue weighted by Crippen LogP contribution is 2.18. The first-order valence-corrected chi connectivity index (χ1v) is 6.94. The monoisotopic (exact) mass is 264 g/mol. The summed E-state index contributed by atoms with van der Waals surface area (Å²) >= 11 is 0. The number of hydrogen-bond donors (Lipinski definition) is 2. The highest BCUT2D eigenvalue weighted by atomic mass is 19.1. The lowest BCUT2D eigenvalue weighted by molar-refractivity contribution is -0.120. The van der Waals surface area contributed by atoms with E-state index in [2.05, 4.69) is 10.6 Å². The Morgan fingerprint density at radius 3 is 2.79 bits per heavy atom. The molecule has 0 radical (unpaired) electrons. The standard InChI is InChI=1S/C15H21FN2O/c1-11-7-8-12(16)9-14(11)17-10-15(19)18-13-5-3-2-4-6-13/h7-9,13,17H,2-6,10H2,1H3,(H,18,19). The predicted octanol–water partition coefficient (Wildman–Crippen LogP) is 2.99. The molecule has 0 saturated heterocycles. The van der Waals surface area contributed by atoms with E-state index in [4.69, 9.17) is 0 Å². The fraction of sp³-hybridized carbons (Fsp3) is 0.533. The lowest BCUT2D eigenvalue weighted by atomic mass is 9.95. The van der Waals surface area contributed by atoms with Crippen molar-refractivity contribution in [2.75, 3.05) is 11.9 Å². The maximum Gasteiger partial charge on any atom is 0.239 e. The molecule has 0 heterocycles. The topological polar surface area (TPSA) is 41.1 Å². The van der Waals surface area contributed by atoms with Crippen molar-refractivity contribution >= 4 is 11.6 Å². The molecule has 104 valence electrons. The Bertz CT molecular complexity index is 442. The van der Waals surface area contributed by atoms with Crippen LogP contribution in [0.15, 0.2) is 18.2 Å².